The molecule has 1 aromatic rings. The molecule has 0 saturated heterocycles. The number of aromatic hydroxyl groups is 1. The average molecular weight is 333 g/mol. The number of halogens is 3. The fourth-order valence-electron chi connectivity index (χ4n) is 1.49. The minimum absolute atomic E-state index is 0. The van der Waals surface area contributed by atoms with Crippen LogP contribution in [0.3, 0.4) is 0 Å². The molecule has 0 radical (unpaired) electrons. The first-order chi connectivity index (χ1) is 8.62. The molecule has 0 fully saturated rings. The lowest BCUT2D eigenvalue weighted by Crippen LogP contribution is -2.28. The van der Waals surface area contributed by atoms with E-state index in [4.69, 9.17) is 32.7 Å². The maximum absolute atomic E-state index is 11.4. The largest absolute Gasteiger partial charge is 0.502 e. The summed E-state index contributed by atoms with van der Waals surface area (Å²) in [5.74, 6) is 0.594. The van der Waals surface area contributed by atoms with Crippen LogP contribution in [0.5, 0.6) is 5.75 Å². The highest BCUT2D eigenvalue weighted by Crippen LogP contribution is 2.16. The Morgan fingerprint density at radius 1 is 1.26 bits per heavy atom. The predicted molar refractivity (Wildman–Crippen MR) is 76.5 cm³/mol. The highest BCUT2D eigenvalue weighted by Gasteiger charge is 2.14. The summed E-state index contributed by atoms with van der Waals surface area (Å²) in [4.78, 5) is 13.3. The van der Waals surface area contributed by atoms with Gasteiger partial charge in [0.1, 0.15) is 12.4 Å². The molecule has 1 heterocycles. The Morgan fingerprint density at radius 3 is 2.32 bits per heavy atom. The minimum atomic E-state index is -0.572. The summed E-state index contributed by atoms with van der Waals surface area (Å²) in [5.41, 5.74) is -0.572. The van der Waals surface area contributed by atoms with Crippen LogP contribution in [-0.2, 0) is 13.2 Å². The van der Waals surface area contributed by atoms with Gasteiger partial charge in [-0.25, -0.2) is 0 Å². The van der Waals surface area contributed by atoms with Gasteiger partial charge in [0.15, 0.2) is 5.76 Å². The molecular formula is C11H16Cl3NO4. The summed E-state index contributed by atoms with van der Waals surface area (Å²) in [7, 11) is 0. The molecule has 0 aromatic carbocycles. The number of aliphatic hydroxyl groups excluding tert-OH is 1. The van der Waals surface area contributed by atoms with E-state index in [-0.39, 0.29) is 30.5 Å². The second-order valence-corrected chi connectivity index (χ2v) is 4.42. The van der Waals surface area contributed by atoms with Crippen molar-refractivity contribution in [2.75, 3.05) is 24.8 Å². The molecule has 0 amide bonds. The molecule has 0 unspecified atom stereocenters. The Bertz CT molecular complexity index is 432. The van der Waals surface area contributed by atoms with E-state index in [9.17, 15) is 9.90 Å². The monoisotopic (exact) mass is 331 g/mol. The highest BCUT2D eigenvalue weighted by molar-refractivity contribution is 6.18. The number of aliphatic hydroxyl groups is 1. The smallest absolute Gasteiger partial charge is 0.227 e. The zero-order chi connectivity index (χ0) is 13.5. The molecule has 2 N–H and O–H groups in total. The van der Waals surface area contributed by atoms with Gasteiger partial charge >= 0.3 is 0 Å². The van der Waals surface area contributed by atoms with Crippen LogP contribution in [0.1, 0.15) is 11.5 Å². The topological polar surface area (TPSA) is 73.9 Å². The van der Waals surface area contributed by atoms with Crippen LogP contribution in [0.15, 0.2) is 15.3 Å². The van der Waals surface area contributed by atoms with Crippen molar-refractivity contribution in [1.82, 2.24) is 4.90 Å². The standard InChI is InChI=1S/C11H15Cl2NO4.ClH/c12-1-3-14(4-2-13)6-10-11(17)9(16)5-8(7-15)18-10;/h5,15,17H,1-4,6-7H2;1H. The zero-order valence-electron chi connectivity index (χ0n) is 10.1. The van der Waals surface area contributed by atoms with E-state index in [0.29, 0.717) is 24.8 Å². The van der Waals surface area contributed by atoms with E-state index in [0.717, 1.165) is 6.07 Å². The Labute approximate surface area is 127 Å². The van der Waals surface area contributed by atoms with E-state index in [1.807, 2.05) is 4.90 Å². The quantitative estimate of drug-likeness (QED) is 0.741. The molecule has 110 valence electrons. The Balaban J connectivity index is 0.00000324. The number of nitrogens with zero attached hydrogens (tertiary/aromatic N) is 1. The summed E-state index contributed by atoms with van der Waals surface area (Å²) in [5, 5.41) is 18.6. The molecule has 0 aliphatic heterocycles. The van der Waals surface area contributed by atoms with Crippen LogP contribution < -0.4 is 5.43 Å². The SMILES string of the molecule is Cl.O=c1cc(CO)oc(CN(CCCl)CCCl)c1O. The van der Waals surface area contributed by atoms with Crippen LogP contribution in [0.4, 0.5) is 0 Å². The van der Waals surface area contributed by atoms with E-state index in [1.54, 1.807) is 0 Å². The van der Waals surface area contributed by atoms with Crippen molar-refractivity contribution in [3.8, 4) is 5.75 Å². The van der Waals surface area contributed by atoms with Gasteiger partial charge in [-0.3, -0.25) is 9.69 Å². The van der Waals surface area contributed by atoms with Gasteiger partial charge in [0.25, 0.3) is 0 Å². The van der Waals surface area contributed by atoms with Crippen molar-refractivity contribution in [2.45, 2.75) is 13.2 Å². The Kier molecular flexibility index (Phi) is 9.22. The van der Waals surface area contributed by atoms with Crippen molar-refractivity contribution in [1.29, 1.82) is 0 Å². The van der Waals surface area contributed by atoms with Crippen molar-refractivity contribution < 1.29 is 14.6 Å². The first-order valence-corrected chi connectivity index (χ1v) is 6.49. The minimum Gasteiger partial charge on any atom is -0.502 e. The molecule has 8 heteroatoms. The van der Waals surface area contributed by atoms with Gasteiger partial charge in [0.05, 0.1) is 6.54 Å². The maximum Gasteiger partial charge on any atom is 0.227 e. The molecule has 1 rings (SSSR count). The first-order valence-electron chi connectivity index (χ1n) is 5.42. The van der Waals surface area contributed by atoms with Crippen LogP contribution in [0, 0.1) is 0 Å². The van der Waals surface area contributed by atoms with Crippen LogP contribution in [0.25, 0.3) is 0 Å². The first kappa shape index (κ1) is 18.5. The van der Waals surface area contributed by atoms with Crippen LogP contribution in [-0.4, -0.2) is 40.0 Å². The lowest BCUT2D eigenvalue weighted by molar-refractivity contribution is 0.214. The van der Waals surface area contributed by atoms with Gasteiger partial charge in [-0.15, -0.1) is 35.6 Å². The van der Waals surface area contributed by atoms with Gasteiger partial charge in [-0.2, -0.15) is 0 Å². The van der Waals surface area contributed by atoms with Gasteiger partial charge < -0.3 is 14.6 Å². The Morgan fingerprint density at radius 2 is 1.84 bits per heavy atom. The highest BCUT2D eigenvalue weighted by atomic mass is 35.5. The number of hydrogen-bond acceptors (Lipinski definition) is 5. The summed E-state index contributed by atoms with van der Waals surface area (Å²) in [6.45, 7) is 0.934. The zero-order valence-corrected chi connectivity index (χ0v) is 12.5. The van der Waals surface area contributed by atoms with Gasteiger partial charge in [0.2, 0.25) is 11.2 Å². The average Bonchev–Trinajstić information content (AvgIpc) is 2.35. The lowest BCUT2D eigenvalue weighted by Gasteiger charge is -2.19. The molecular weight excluding hydrogens is 316 g/mol. The van der Waals surface area contributed by atoms with E-state index >= 15 is 0 Å². The molecule has 0 aliphatic rings. The molecule has 0 bridgehead atoms. The summed E-state index contributed by atoms with van der Waals surface area (Å²) < 4.78 is 5.23. The van der Waals surface area contributed by atoms with Crippen LogP contribution >= 0.6 is 35.6 Å². The normalized spacial score (nSPS) is 10.5. The molecule has 0 saturated carbocycles. The van der Waals surface area contributed by atoms with Gasteiger partial charge in [-0.05, 0) is 0 Å². The molecule has 0 atom stereocenters. The number of alkyl halides is 2. The predicted octanol–water partition coefficient (Wildman–Crippen LogP) is 1.54. The third kappa shape index (κ3) is 5.58. The summed E-state index contributed by atoms with van der Waals surface area (Å²) >= 11 is 11.3. The van der Waals surface area contributed by atoms with Crippen molar-refractivity contribution in [2.24, 2.45) is 0 Å². The molecule has 1 aromatic heterocycles. The van der Waals surface area contributed by atoms with E-state index < -0.39 is 17.8 Å². The molecule has 0 spiro atoms. The van der Waals surface area contributed by atoms with E-state index in [1.165, 1.54) is 0 Å². The lowest BCUT2D eigenvalue weighted by atomic mass is 10.3. The molecule has 19 heavy (non-hydrogen) atoms. The Hall–Kier alpha value is -0.460. The van der Waals surface area contributed by atoms with E-state index in [2.05, 4.69) is 0 Å². The second kappa shape index (κ2) is 9.44. The second-order valence-electron chi connectivity index (χ2n) is 3.66. The fourth-order valence-corrected chi connectivity index (χ4v) is 1.96. The summed E-state index contributed by atoms with van der Waals surface area (Å²) in [6.07, 6.45) is 0. The fraction of sp³-hybridized carbons (Fsp3) is 0.545. The van der Waals surface area contributed by atoms with Crippen molar-refractivity contribution >= 4 is 35.6 Å². The van der Waals surface area contributed by atoms with Gasteiger partial charge in [0, 0.05) is 30.9 Å². The maximum atomic E-state index is 11.4. The molecule has 5 nitrogen and oxygen atoms in total. The van der Waals surface area contributed by atoms with Crippen LogP contribution in [0.2, 0.25) is 0 Å². The third-order valence-electron chi connectivity index (χ3n) is 2.37. The van der Waals surface area contributed by atoms with Crippen molar-refractivity contribution in [3.05, 3.63) is 27.8 Å². The third-order valence-corrected chi connectivity index (χ3v) is 2.71. The number of rotatable bonds is 7. The van der Waals surface area contributed by atoms with Crippen molar-refractivity contribution in [3.63, 3.8) is 0 Å². The van der Waals surface area contributed by atoms with Gasteiger partial charge in [-0.1, -0.05) is 0 Å². The number of hydrogen-bond donors (Lipinski definition) is 2. The summed E-state index contributed by atoms with van der Waals surface area (Å²) in [6, 6.07) is 1.06. The molecule has 0 aliphatic carbocycles.